The molecule has 130 valence electrons. The van der Waals surface area contributed by atoms with E-state index in [2.05, 4.69) is 5.32 Å². The van der Waals surface area contributed by atoms with Crippen molar-refractivity contribution in [3.63, 3.8) is 0 Å². The second-order valence-electron chi connectivity index (χ2n) is 4.66. The highest BCUT2D eigenvalue weighted by Crippen LogP contribution is 2.17. The van der Waals surface area contributed by atoms with E-state index in [0.29, 0.717) is 24.3 Å². The van der Waals surface area contributed by atoms with Crippen LogP contribution in [-0.4, -0.2) is 36.8 Å². The molecule has 9 nitrogen and oxygen atoms in total. The second-order valence-corrected chi connectivity index (χ2v) is 4.66. The number of amides is 4. The first-order valence-electron chi connectivity index (χ1n) is 7.34. The molecule has 5 N–H and O–H groups in total. The Labute approximate surface area is 138 Å². The van der Waals surface area contributed by atoms with Crippen LogP contribution in [0.2, 0.25) is 0 Å². The summed E-state index contributed by atoms with van der Waals surface area (Å²) in [4.78, 5) is 44.8. The first kappa shape index (κ1) is 18.9. The molecule has 1 aromatic rings. The minimum atomic E-state index is -1.20. The zero-order valence-electron chi connectivity index (χ0n) is 13.3. The Morgan fingerprint density at radius 1 is 1.12 bits per heavy atom. The Balaban J connectivity index is 2.32. The first-order chi connectivity index (χ1) is 11.5. The summed E-state index contributed by atoms with van der Waals surface area (Å²) in [6, 6.07) is 6.85. The van der Waals surface area contributed by atoms with Gasteiger partial charge in [0.1, 0.15) is 5.75 Å². The van der Waals surface area contributed by atoms with Crippen molar-refractivity contribution in [2.24, 2.45) is 5.73 Å². The number of para-hydroxylation sites is 1. The molecule has 1 rings (SSSR count). The van der Waals surface area contributed by atoms with Gasteiger partial charge in [0.15, 0.2) is 0 Å². The topological polar surface area (TPSA) is 140 Å². The van der Waals surface area contributed by atoms with Crippen molar-refractivity contribution >= 4 is 23.6 Å². The van der Waals surface area contributed by atoms with Gasteiger partial charge in [-0.1, -0.05) is 12.1 Å². The number of benzene rings is 1. The highest BCUT2D eigenvalue weighted by molar-refractivity contribution is 6.34. The van der Waals surface area contributed by atoms with Gasteiger partial charge in [-0.15, -0.1) is 0 Å². The molecule has 0 aliphatic carbocycles. The average Bonchev–Trinajstić information content (AvgIpc) is 2.57. The molecule has 24 heavy (non-hydrogen) atoms. The van der Waals surface area contributed by atoms with E-state index in [1.807, 2.05) is 17.8 Å². The molecule has 0 fully saturated rings. The van der Waals surface area contributed by atoms with E-state index < -0.39 is 17.7 Å². The van der Waals surface area contributed by atoms with Gasteiger partial charge < -0.3 is 15.8 Å². The number of hydrogen-bond acceptors (Lipinski definition) is 5. The molecule has 0 radical (unpaired) electrons. The fraction of sp³-hybridized carbons (Fsp3) is 0.333. The summed E-state index contributed by atoms with van der Waals surface area (Å²) in [6.07, 6.45) is 0.396. The lowest BCUT2D eigenvalue weighted by molar-refractivity contribution is -0.139. The highest BCUT2D eigenvalue weighted by Gasteiger charge is 2.12. The third kappa shape index (κ3) is 6.34. The van der Waals surface area contributed by atoms with Crippen molar-refractivity contribution in [3.8, 4) is 5.75 Å². The summed E-state index contributed by atoms with van der Waals surface area (Å²) in [5.41, 5.74) is 9.02. The monoisotopic (exact) mass is 336 g/mol. The van der Waals surface area contributed by atoms with E-state index in [4.69, 9.17) is 10.5 Å². The predicted molar refractivity (Wildman–Crippen MR) is 84.7 cm³/mol. The number of nitrogens with one attached hydrogen (secondary N) is 3. The van der Waals surface area contributed by atoms with E-state index in [-0.39, 0.29) is 18.9 Å². The molecular weight excluding hydrogens is 316 g/mol. The predicted octanol–water partition coefficient (Wildman–Crippen LogP) is -0.772. The lowest BCUT2D eigenvalue weighted by Gasteiger charge is -2.10. The van der Waals surface area contributed by atoms with Crippen molar-refractivity contribution in [1.82, 2.24) is 16.2 Å². The van der Waals surface area contributed by atoms with Crippen molar-refractivity contribution in [1.29, 1.82) is 0 Å². The fourth-order valence-corrected chi connectivity index (χ4v) is 1.73. The number of ether oxygens (including phenoxy) is 1. The van der Waals surface area contributed by atoms with Gasteiger partial charge in [0.2, 0.25) is 5.91 Å². The normalized spacial score (nSPS) is 9.71. The van der Waals surface area contributed by atoms with E-state index in [1.165, 1.54) is 0 Å². The van der Waals surface area contributed by atoms with Gasteiger partial charge in [-0.3, -0.25) is 30.0 Å². The molecule has 0 bridgehead atoms. The summed E-state index contributed by atoms with van der Waals surface area (Å²) in [5.74, 6) is -2.63. The fourth-order valence-electron chi connectivity index (χ4n) is 1.73. The molecule has 9 heteroatoms. The summed E-state index contributed by atoms with van der Waals surface area (Å²) in [6.45, 7) is 2.53. The maximum atomic E-state index is 12.1. The molecule has 0 aliphatic rings. The largest absolute Gasteiger partial charge is 0.493 e. The zero-order chi connectivity index (χ0) is 17.9. The van der Waals surface area contributed by atoms with Gasteiger partial charge in [-0.25, -0.2) is 0 Å². The Morgan fingerprint density at radius 3 is 2.50 bits per heavy atom. The minimum absolute atomic E-state index is 0.0480. The molecule has 0 spiro atoms. The highest BCUT2D eigenvalue weighted by atomic mass is 16.5. The maximum Gasteiger partial charge on any atom is 0.327 e. The quantitative estimate of drug-likeness (QED) is 0.294. The molecule has 0 saturated carbocycles. The smallest absolute Gasteiger partial charge is 0.327 e. The first-order valence-corrected chi connectivity index (χ1v) is 7.34. The standard InChI is InChI=1S/C15H20N4O5/c1-2-24-11-7-4-3-6-10(11)14(22)17-9-5-8-12(20)18-19-15(23)13(16)21/h3-4,6-7H,2,5,8-9H2,1H3,(H2,16,21)(H,17,22)(H,18,20)(H,19,23). The van der Waals surface area contributed by atoms with Crippen molar-refractivity contribution < 1.29 is 23.9 Å². The van der Waals surface area contributed by atoms with Gasteiger partial charge in [-0.05, 0) is 25.5 Å². The van der Waals surface area contributed by atoms with E-state index in [0.717, 1.165) is 0 Å². The summed E-state index contributed by atoms with van der Waals surface area (Å²) >= 11 is 0. The third-order valence-corrected chi connectivity index (χ3v) is 2.84. The number of nitrogens with two attached hydrogens (primary N) is 1. The van der Waals surface area contributed by atoms with Crippen molar-refractivity contribution in [2.45, 2.75) is 19.8 Å². The van der Waals surface area contributed by atoms with Crippen LogP contribution in [0.15, 0.2) is 24.3 Å². The number of hydrogen-bond donors (Lipinski definition) is 4. The minimum Gasteiger partial charge on any atom is -0.493 e. The molecule has 0 saturated heterocycles. The average molecular weight is 336 g/mol. The number of rotatable bonds is 7. The van der Waals surface area contributed by atoms with Gasteiger partial charge >= 0.3 is 11.8 Å². The number of hydrazine groups is 1. The second kappa shape index (κ2) is 9.82. The molecule has 0 aliphatic heterocycles. The van der Waals surface area contributed by atoms with Crippen LogP contribution < -0.4 is 26.6 Å². The number of carbonyl (C=O) groups excluding carboxylic acids is 4. The Bertz CT molecular complexity index is 618. The maximum absolute atomic E-state index is 12.1. The van der Waals surface area contributed by atoms with Crippen LogP contribution in [-0.2, 0) is 14.4 Å². The van der Waals surface area contributed by atoms with Crippen LogP contribution in [0.1, 0.15) is 30.1 Å². The van der Waals surface area contributed by atoms with Crippen LogP contribution in [0.5, 0.6) is 5.75 Å². The van der Waals surface area contributed by atoms with Crippen LogP contribution in [0.3, 0.4) is 0 Å². The summed E-state index contributed by atoms with van der Waals surface area (Å²) in [7, 11) is 0. The Morgan fingerprint density at radius 2 is 1.83 bits per heavy atom. The molecule has 0 heterocycles. The number of primary amides is 1. The van der Waals surface area contributed by atoms with Crippen LogP contribution in [0.25, 0.3) is 0 Å². The van der Waals surface area contributed by atoms with Gasteiger partial charge in [0.25, 0.3) is 5.91 Å². The lowest BCUT2D eigenvalue weighted by atomic mass is 10.2. The summed E-state index contributed by atoms with van der Waals surface area (Å²) in [5, 5.41) is 2.68. The van der Waals surface area contributed by atoms with E-state index in [1.54, 1.807) is 24.3 Å². The van der Waals surface area contributed by atoms with Crippen molar-refractivity contribution in [3.05, 3.63) is 29.8 Å². The molecule has 4 amide bonds. The van der Waals surface area contributed by atoms with Gasteiger partial charge in [0.05, 0.1) is 12.2 Å². The van der Waals surface area contributed by atoms with E-state index >= 15 is 0 Å². The number of carbonyl (C=O) groups is 4. The molecule has 0 unspecified atom stereocenters. The Kier molecular flexibility index (Phi) is 7.76. The molecule has 0 atom stereocenters. The third-order valence-electron chi connectivity index (χ3n) is 2.84. The van der Waals surface area contributed by atoms with E-state index in [9.17, 15) is 19.2 Å². The SMILES string of the molecule is CCOc1ccccc1C(=O)NCCCC(=O)NNC(=O)C(N)=O. The van der Waals surface area contributed by atoms with Crippen LogP contribution in [0.4, 0.5) is 0 Å². The van der Waals surface area contributed by atoms with Crippen LogP contribution >= 0.6 is 0 Å². The van der Waals surface area contributed by atoms with Gasteiger partial charge in [0, 0.05) is 13.0 Å². The molecule has 0 aromatic heterocycles. The molecular formula is C15H20N4O5. The lowest BCUT2D eigenvalue weighted by Crippen LogP contribution is -2.47. The zero-order valence-corrected chi connectivity index (χ0v) is 13.3. The summed E-state index contributed by atoms with van der Waals surface area (Å²) < 4.78 is 5.37. The molecule has 1 aromatic carbocycles. The van der Waals surface area contributed by atoms with Crippen molar-refractivity contribution in [2.75, 3.05) is 13.2 Å². The van der Waals surface area contributed by atoms with Gasteiger partial charge in [-0.2, -0.15) is 0 Å². The van der Waals surface area contributed by atoms with Crippen LogP contribution in [0, 0.1) is 0 Å². The Hall–Kier alpha value is -3.10.